The van der Waals surface area contributed by atoms with Crippen molar-refractivity contribution in [3.8, 4) is 0 Å². The predicted octanol–water partition coefficient (Wildman–Crippen LogP) is 4.70. The number of nitrogens with zero attached hydrogens (tertiary/aromatic N) is 3. The number of aryl methyl sites for hydroxylation is 1. The molecule has 5 rings (SSSR count). The van der Waals surface area contributed by atoms with Gasteiger partial charge in [-0.15, -0.1) is 0 Å². The van der Waals surface area contributed by atoms with E-state index in [9.17, 15) is 0 Å². The van der Waals surface area contributed by atoms with Gasteiger partial charge in [-0.25, -0.2) is 0 Å². The Bertz CT molecular complexity index is 1080. The molecule has 0 amide bonds. The Morgan fingerprint density at radius 3 is 2.66 bits per heavy atom. The maximum absolute atomic E-state index is 5.98. The van der Waals surface area contributed by atoms with E-state index in [4.69, 9.17) is 17.0 Å². The molecular weight excluding hydrogens is 416 g/mol. The molecule has 2 fully saturated rings. The van der Waals surface area contributed by atoms with Gasteiger partial charge in [0.15, 0.2) is 5.11 Å². The van der Waals surface area contributed by atoms with Gasteiger partial charge in [-0.05, 0) is 68.2 Å². The summed E-state index contributed by atoms with van der Waals surface area (Å²) < 4.78 is 8.39. The molecule has 3 unspecified atom stereocenters. The summed E-state index contributed by atoms with van der Waals surface area (Å²) in [6.07, 6.45) is 4.30. The number of hydrogen-bond acceptors (Lipinski definition) is 3. The van der Waals surface area contributed by atoms with Crippen molar-refractivity contribution in [3.63, 3.8) is 0 Å². The largest absolute Gasteiger partial charge is 0.376 e. The predicted molar refractivity (Wildman–Crippen MR) is 131 cm³/mol. The van der Waals surface area contributed by atoms with Crippen LogP contribution in [0.25, 0.3) is 0 Å². The van der Waals surface area contributed by atoms with Gasteiger partial charge in [0.2, 0.25) is 0 Å². The van der Waals surface area contributed by atoms with Crippen LogP contribution in [0, 0.1) is 13.8 Å². The quantitative estimate of drug-likeness (QED) is 0.556. The van der Waals surface area contributed by atoms with Gasteiger partial charge in [0.25, 0.3) is 0 Å². The Morgan fingerprint density at radius 2 is 1.94 bits per heavy atom. The molecule has 4 heterocycles. The maximum Gasteiger partial charge on any atom is 0.170 e. The van der Waals surface area contributed by atoms with Crippen LogP contribution in [0.2, 0.25) is 0 Å². The van der Waals surface area contributed by atoms with Gasteiger partial charge in [0, 0.05) is 37.3 Å². The lowest BCUT2D eigenvalue weighted by atomic mass is 9.96. The van der Waals surface area contributed by atoms with E-state index in [0.29, 0.717) is 0 Å². The molecule has 0 bridgehead atoms. The highest BCUT2D eigenvalue weighted by Gasteiger charge is 2.42. The topological polar surface area (TPSA) is 42.3 Å². The van der Waals surface area contributed by atoms with Crippen LogP contribution in [0.5, 0.6) is 0 Å². The Hall–Kier alpha value is -2.70. The molecule has 0 radical (unpaired) electrons. The molecule has 0 aliphatic carbocycles. The Balaban J connectivity index is 1.53. The third-order valence-electron chi connectivity index (χ3n) is 6.74. The molecule has 0 spiro atoms. The molecule has 3 aromatic rings. The average Bonchev–Trinajstić information content (AvgIpc) is 3.51. The van der Waals surface area contributed by atoms with Gasteiger partial charge in [-0.3, -0.25) is 4.98 Å². The monoisotopic (exact) mass is 446 g/mol. The van der Waals surface area contributed by atoms with Crippen molar-refractivity contribution in [2.45, 2.75) is 51.4 Å². The molecule has 32 heavy (non-hydrogen) atoms. The van der Waals surface area contributed by atoms with E-state index in [1.54, 1.807) is 0 Å². The van der Waals surface area contributed by atoms with Gasteiger partial charge >= 0.3 is 0 Å². The number of benzene rings is 1. The van der Waals surface area contributed by atoms with E-state index >= 15 is 0 Å². The second-order valence-electron chi connectivity index (χ2n) is 8.81. The molecule has 2 aromatic heterocycles. The normalized spacial score (nSPS) is 23.0. The summed E-state index contributed by atoms with van der Waals surface area (Å²) in [6, 6.07) is 19.2. The highest BCUT2D eigenvalue weighted by atomic mass is 32.1. The summed E-state index contributed by atoms with van der Waals surface area (Å²) in [7, 11) is 0. The van der Waals surface area contributed by atoms with Gasteiger partial charge in [0.1, 0.15) is 0 Å². The number of rotatable bonds is 6. The van der Waals surface area contributed by atoms with Crippen molar-refractivity contribution in [1.29, 1.82) is 0 Å². The first-order valence-corrected chi connectivity index (χ1v) is 11.8. The number of ether oxygens (including phenoxy) is 1. The lowest BCUT2D eigenvalue weighted by molar-refractivity contribution is 0.0842. The zero-order chi connectivity index (χ0) is 22.1. The van der Waals surface area contributed by atoms with Gasteiger partial charge in [-0.1, -0.05) is 36.4 Å². The molecular formula is C26H30N4OS. The van der Waals surface area contributed by atoms with Crippen LogP contribution in [-0.4, -0.2) is 38.8 Å². The third kappa shape index (κ3) is 4.05. The fourth-order valence-electron chi connectivity index (χ4n) is 5.08. The van der Waals surface area contributed by atoms with Crippen LogP contribution < -0.4 is 5.32 Å². The van der Waals surface area contributed by atoms with E-state index in [1.807, 2.05) is 18.3 Å². The standard InChI is InChI=1S/C26H30N4OS/c1-18-15-22(19(2)29(18)16-20-9-4-3-5-10-20)25-24(23-12-6-7-13-27-23)28-26(32)30(25)17-21-11-8-14-31-21/h3-7,9-10,12-13,15,21,24-25H,8,11,14,16-17H2,1-2H3,(H,28,32). The molecule has 1 aromatic carbocycles. The van der Waals surface area contributed by atoms with E-state index in [0.717, 1.165) is 43.3 Å². The summed E-state index contributed by atoms with van der Waals surface area (Å²) in [5, 5.41) is 4.36. The molecule has 6 heteroatoms. The lowest BCUT2D eigenvalue weighted by Crippen LogP contribution is -2.36. The van der Waals surface area contributed by atoms with Crippen LogP contribution in [0.3, 0.4) is 0 Å². The first-order chi connectivity index (χ1) is 15.6. The molecule has 2 saturated heterocycles. The minimum Gasteiger partial charge on any atom is -0.376 e. The van der Waals surface area contributed by atoms with Crippen LogP contribution in [0.4, 0.5) is 0 Å². The number of aromatic nitrogens is 2. The van der Waals surface area contributed by atoms with Gasteiger partial charge in [-0.2, -0.15) is 0 Å². The molecule has 3 atom stereocenters. The van der Waals surface area contributed by atoms with Gasteiger partial charge < -0.3 is 19.5 Å². The molecule has 2 aliphatic rings. The molecule has 2 aliphatic heterocycles. The fraction of sp³-hybridized carbons (Fsp3) is 0.385. The van der Waals surface area contributed by atoms with Crippen LogP contribution >= 0.6 is 12.2 Å². The second-order valence-corrected chi connectivity index (χ2v) is 9.20. The smallest absolute Gasteiger partial charge is 0.170 e. The first-order valence-electron chi connectivity index (χ1n) is 11.4. The van der Waals surface area contributed by atoms with Crippen molar-refractivity contribution in [1.82, 2.24) is 19.8 Å². The average molecular weight is 447 g/mol. The SMILES string of the molecule is Cc1cc(C2C(c3ccccn3)NC(=S)N2CC2CCCO2)c(C)n1Cc1ccccc1. The van der Waals surface area contributed by atoms with Crippen LogP contribution in [0.15, 0.2) is 60.8 Å². The summed E-state index contributed by atoms with van der Waals surface area (Å²) >= 11 is 5.84. The zero-order valence-electron chi connectivity index (χ0n) is 18.7. The number of pyridine rings is 1. The second kappa shape index (κ2) is 9.04. The Labute approximate surface area is 195 Å². The zero-order valence-corrected chi connectivity index (χ0v) is 19.5. The van der Waals surface area contributed by atoms with E-state index in [1.165, 1.54) is 22.5 Å². The summed E-state index contributed by atoms with van der Waals surface area (Å²) in [5.74, 6) is 0. The van der Waals surface area contributed by atoms with Crippen molar-refractivity contribution in [2.75, 3.05) is 13.2 Å². The lowest BCUT2D eigenvalue weighted by Gasteiger charge is -2.30. The number of thiocarbonyl (C=S) groups is 1. The van der Waals surface area contributed by atoms with E-state index in [2.05, 4.69) is 76.1 Å². The van der Waals surface area contributed by atoms with Crippen molar-refractivity contribution >= 4 is 17.3 Å². The Kier molecular flexibility index (Phi) is 5.98. The van der Waals surface area contributed by atoms with Crippen molar-refractivity contribution in [2.24, 2.45) is 0 Å². The van der Waals surface area contributed by atoms with E-state index < -0.39 is 0 Å². The molecule has 1 N–H and O–H groups in total. The van der Waals surface area contributed by atoms with Crippen LogP contribution in [-0.2, 0) is 11.3 Å². The minimum atomic E-state index is 0.00998. The van der Waals surface area contributed by atoms with Crippen molar-refractivity contribution in [3.05, 3.63) is 89.0 Å². The van der Waals surface area contributed by atoms with Crippen molar-refractivity contribution < 1.29 is 4.74 Å². The molecule has 0 saturated carbocycles. The van der Waals surface area contributed by atoms with Gasteiger partial charge in [0.05, 0.1) is 23.9 Å². The number of hydrogen-bond donors (Lipinski definition) is 1. The van der Waals surface area contributed by atoms with E-state index in [-0.39, 0.29) is 18.2 Å². The third-order valence-corrected chi connectivity index (χ3v) is 7.09. The summed E-state index contributed by atoms with van der Waals surface area (Å²) in [6.45, 7) is 6.94. The first kappa shape index (κ1) is 21.2. The van der Waals surface area contributed by atoms with Crippen LogP contribution in [0.1, 0.15) is 53.1 Å². The number of nitrogens with one attached hydrogen (secondary N) is 1. The maximum atomic E-state index is 5.98. The minimum absolute atomic E-state index is 0.00998. The summed E-state index contributed by atoms with van der Waals surface area (Å²) in [5.41, 5.74) is 6.16. The molecule has 5 nitrogen and oxygen atoms in total. The summed E-state index contributed by atoms with van der Waals surface area (Å²) in [4.78, 5) is 7.01. The highest BCUT2D eigenvalue weighted by Crippen LogP contribution is 2.41. The Morgan fingerprint density at radius 1 is 1.12 bits per heavy atom. The highest BCUT2D eigenvalue weighted by molar-refractivity contribution is 7.80. The fourth-order valence-corrected chi connectivity index (χ4v) is 5.40. The molecule has 166 valence electrons.